The van der Waals surface area contributed by atoms with Gasteiger partial charge in [-0.1, -0.05) is 36.4 Å². The van der Waals surface area contributed by atoms with Gasteiger partial charge in [0, 0.05) is 12.6 Å². The van der Waals surface area contributed by atoms with Crippen molar-refractivity contribution in [1.29, 1.82) is 0 Å². The Balaban J connectivity index is 2.01. The van der Waals surface area contributed by atoms with Crippen LogP contribution in [0.25, 0.3) is 0 Å². The fourth-order valence-corrected chi connectivity index (χ4v) is 1.97. The van der Waals surface area contributed by atoms with Gasteiger partial charge in [0.2, 0.25) is 0 Å². The number of hydrogen-bond acceptors (Lipinski definition) is 4. The first-order chi connectivity index (χ1) is 10.1. The van der Waals surface area contributed by atoms with Crippen LogP contribution in [-0.2, 0) is 6.42 Å². The molecule has 2 aromatic carbocycles. The number of para-hydroxylation sites is 1. The fourth-order valence-electron chi connectivity index (χ4n) is 1.97. The molecular formula is C15H15N3O3. The molecule has 0 unspecified atom stereocenters. The average molecular weight is 285 g/mol. The number of anilines is 1. The summed E-state index contributed by atoms with van der Waals surface area (Å²) in [7, 11) is 0. The normalized spacial score (nSPS) is 10.1. The number of nitro benzene ring substituents is 1. The maximum atomic E-state index is 12.0. The van der Waals surface area contributed by atoms with Crippen molar-refractivity contribution in [3.8, 4) is 0 Å². The highest BCUT2D eigenvalue weighted by Crippen LogP contribution is 2.24. The molecule has 0 spiro atoms. The molecule has 0 radical (unpaired) electrons. The van der Waals surface area contributed by atoms with Crippen molar-refractivity contribution in [2.45, 2.75) is 6.42 Å². The predicted octanol–water partition coefficient (Wildman–Crippen LogP) is 2.15. The van der Waals surface area contributed by atoms with Crippen LogP contribution in [0.15, 0.2) is 48.5 Å². The van der Waals surface area contributed by atoms with Crippen LogP contribution in [0, 0.1) is 10.1 Å². The largest absolute Gasteiger partial charge is 0.393 e. The maximum absolute atomic E-state index is 12.0. The van der Waals surface area contributed by atoms with Crippen LogP contribution in [0.3, 0.4) is 0 Å². The molecule has 0 atom stereocenters. The molecule has 0 aliphatic rings. The molecule has 2 rings (SSSR count). The summed E-state index contributed by atoms with van der Waals surface area (Å²) in [6, 6.07) is 13.9. The van der Waals surface area contributed by atoms with Crippen LogP contribution in [0.5, 0.6) is 0 Å². The van der Waals surface area contributed by atoms with Gasteiger partial charge in [-0.05, 0) is 18.1 Å². The molecule has 0 fully saturated rings. The molecule has 0 heterocycles. The topological polar surface area (TPSA) is 98.3 Å². The Labute approximate surface area is 121 Å². The van der Waals surface area contributed by atoms with Gasteiger partial charge in [-0.2, -0.15) is 0 Å². The van der Waals surface area contributed by atoms with E-state index < -0.39 is 10.8 Å². The molecular weight excluding hydrogens is 270 g/mol. The first kappa shape index (κ1) is 14.5. The third-order valence-corrected chi connectivity index (χ3v) is 3.07. The number of nitro groups is 1. The molecule has 0 aliphatic heterocycles. The van der Waals surface area contributed by atoms with Crippen LogP contribution in [0.4, 0.5) is 11.4 Å². The van der Waals surface area contributed by atoms with Gasteiger partial charge in [0.05, 0.1) is 10.5 Å². The lowest BCUT2D eigenvalue weighted by Crippen LogP contribution is -2.26. The lowest BCUT2D eigenvalue weighted by Gasteiger charge is -2.07. The van der Waals surface area contributed by atoms with E-state index in [9.17, 15) is 14.9 Å². The summed E-state index contributed by atoms with van der Waals surface area (Å²) in [6.45, 7) is 0.435. The molecule has 6 nitrogen and oxygen atoms in total. The van der Waals surface area contributed by atoms with E-state index in [-0.39, 0.29) is 16.9 Å². The first-order valence-electron chi connectivity index (χ1n) is 6.44. The minimum atomic E-state index is -0.601. The summed E-state index contributed by atoms with van der Waals surface area (Å²) in [5.74, 6) is -0.410. The second-order valence-corrected chi connectivity index (χ2v) is 4.49. The van der Waals surface area contributed by atoms with Gasteiger partial charge in [-0.15, -0.1) is 0 Å². The highest BCUT2D eigenvalue weighted by molar-refractivity contribution is 6.00. The van der Waals surface area contributed by atoms with Crippen molar-refractivity contribution < 1.29 is 9.72 Å². The highest BCUT2D eigenvalue weighted by atomic mass is 16.6. The van der Waals surface area contributed by atoms with Gasteiger partial charge in [-0.3, -0.25) is 14.9 Å². The SMILES string of the molecule is Nc1c(C(=O)NCCc2ccccc2)cccc1[N+](=O)[O-]. The number of hydrogen-bond donors (Lipinski definition) is 2. The molecule has 21 heavy (non-hydrogen) atoms. The first-order valence-corrected chi connectivity index (χ1v) is 6.44. The zero-order chi connectivity index (χ0) is 15.2. The zero-order valence-electron chi connectivity index (χ0n) is 11.3. The number of nitrogen functional groups attached to an aromatic ring is 1. The third kappa shape index (κ3) is 3.56. The summed E-state index contributed by atoms with van der Waals surface area (Å²) in [5, 5.41) is 13.5. The molecule has 6 heteroatoms. The van der Waals surface area contributed by atoms with Crippen molar-refractivity contribution in [3.05, 3.63) is 69.8 Å². The average Bonchev–Trinajstić information content (AvgIpc) is 2.48. The third-order valence-electron chi connectivity index (χ3n) is 3.07. The number of nitrogens with two attached hydrogens (primary N) is 1. The van der Waals surface area contributed by atoms with E-state index in [2.05, 4.69) is 5.32 Å². The lowest BCUT2D eigenvalue weighted by atomic mass is 10.1. The molecule has 0 aliphatic carbocycles. The van der Waals surface area contributed by atoms with Crippen LogP contribution in [-0.4, -0.2) is 17.4 Å². The lowest BCUT2D eigenvalue weighted by molar-refractivity contribution is -0.383. The Kier molecular flexibility index (Phi) is 4.50. The second-order valence-electron chi connectivity index (χ2n) is 4.49. The van der Waals surface area contributed by atoms with Crippen LogP contribution in [0.1, 0.15) is 15.9 Å². The second kappa shape index (κ2) is 6.51. The number of benzene rings is 2. The quantitative estimate of drug-likeness (QED) is 0.499. The van der Waals surface area contributed by atoms with Crippen molar-refractivity contribution in [1.82, 2.24) is 5.32 Å². The Bertz CT molecular complexity index is 656. The van der Waals surface area contributed by atoms with Gasteiger partial charge in [0.1, 0.15) is 5.69 Å². The molecule has 0 aromatic heterocycles. The fraction of sp³-hybridized carbons (Fsp3) is 0.133. The molecule has 108 valence electrons. The van der Waals surface area contributed by atoms with Crippen molar-refractivity contribution in [2.24, 2.45) is 0 Å². The maximum Gasteiger partial charge on any atom is 0.292 e. The molecule has 3 N–H and O–H groups in total. The minimum absolute atomic E-state index is 0.111. The smallest absolute Gasteiger partial charge is 0.292 e. The van der Waals surface area contributed by atoms with Crippen LogP contribution in [0.2, 0.25) is 0 Å². The monoisotopic (exact) mass is 285 g/mol. The van der Waals surface area contributed by atoms with Crippen molar-refractivity contribution in [3.63, 3.8) is 0 Å². The van der Waals surface area contributed by atoms with E-state index in [4.69, 9.17) is 5.73 Å². The zero-order valence-corrected chi connectivity index (χ0v) is 11.3. The van der Waals surface area contributed by atoms with E-state index in [1.165, 1.54) is 18.2 Å². The van der Waals surface area contributed by atoms with Crippen molar-refractivity contribution in [2.75, 3.05) is 12.3 Å². The van der Waals surface area contributed by atoms with E-state index >= 15 is 0 Å². The summed E-state index contributed by atoms with van der Waals surface area (Å²) >= 11 is 0. The number of carbonyl (C=O) groups is 1. The Morgan fingerprint density at radius 1 is 1.14 bits per heavy atom. The minimum Gasteiger partial charge on any atom is -0.393 e. The Hall–Kier alpha value is -2.89. The predicted molar refractivity (Wildman–Crippen MR) is 80.0 cm³/mol. The molecule has 0 saturated heterocycles. The van der Waals surface area contributed by atoms with Gasteiger partial charge >= 0.3 is 0 Å². The van der Waals surface area contributed by atoms with Gasteiger partial charge in [0.25, 0.3) is 11.6 Å². The van der Waals surface area contributed by atoms with Gasteiger partial charge in [0.15, 0.2) is 0 Å². The summed E-state index contributed by atoms with van der Waals surface area (Å²) in [5.41, 5.74) is 6.52. The number of nitrogens with zero attached hydrogens (tertiary/aromatic N) is 1. The summed E-state index contributed by atoms with van der Waals surface area (Å²) in [6.07, 6.45) is 0.682. The summed E-state index contributed by atoms with van der Waals surface area (Å²) in [4.78, 5) is 22.2. The Morgan fingerprint density at radius 3 is 2.52 bits per heavy atom. The van der Waals surface area contributed by atoms with Gasteiger partial charge < -0.3 is 11.1 Å². The van der Waals surface area contributed by atoms with E-state index in [1.54, 1.807) is 0 Å². The number of carbonyl (C=O) groups excluding carboxylic acids is 1. The molecule has 1 amide bonds. The highest BCUT2D eigenvalue weighted by Gasteiger charge is 2.18. The van der Waals surface area contributed by atoms with Crippen LogP contribution < -0.4 is 11.1 Å². The van der Waals surface area contributed by atoms with Gasteiger partial charge in [-0.25, -0.2) is 0 Å². The summed E-state index contributed by atoms with van der Waals surface area (Å²) < 4.78 is 0. The van der Waals surface area contributed by atoms with Crippen molar-refractivity contribution >= 4 is 17.3 Å². The van der Waals surface area contributed by atoms with E-state index in [0.717, 1.165) is 5.56 Å². The number of rotatable bonds is 5. The molecule has 2 aromatic rings. The molecule has 0 saturated carbocycles. The standard InChI is InChI=1S/C15H15N3O3/c16-14-12(7-4-8-13(14)18(20)21)15(19)17-10-9-11-5-2-1-3-6-11/h1-8H,9-10,16H2,(H,17,19). The van der Waals surface area contributed by atoms with E-state index in [0.29, 0.717) is 13.0 Å². The van der Waals surface area contributed by atoms with E-state index in [1.807, 2.05) is 30.3 Å². The number of amides is 1. The Morgan fingerprint density at radius 2 is 1.86 bits per heavy atom. The van der Waals surface area contributed by atoms with Crippen LogP contribution >= 0.6 is 0 Å². The molecule has 0 bridgehead atoms. The number of nitrogens with one attached hydrogen (secondary N) is 1.